The molecule has 144 valence electrons. The predicted molar refractivity (Wildman–Crippen MR) is 90.3 cm³/mol. The first-order valence-electron chi connectivity index (χ1n) is 7.42. The monoisotopic (exact) mass is 441 g/mol. The first-order chi connectivity index (χ1) is 12.6. The normalized spacial score (nSPS) is 19.2. The molecular formula is C16H9Cl3F3NO4. The lowest BCUT2D eigenvalue weighted by molar-refractivity contribution is -0.349. The number of rotatable bonds is 2. The van der Waals surface area contributed by atoms with Gasteiger partial charge in [-0.25, -0.2) is 0 Å². The molecular weight excluding hydrogens is 434 g/mol. The number of nitrogens with one attached hydrogen (secondary N) is 1. The van der Waals surface area contributed by atoms with Gasteiger partial charge in [-0.15, -0.1) is 0 Å². The lowest BCUT2D eigenvalue weighted by atomic mass is 10.3. The molecule has 27 heavy (non-hydrogen) atoms. The highest BCUT2D eigenvalue weighted by Crippen LogP contribution is 2.52. The van der Waals surface area contributed by atoms with Gasteiger partial charge >= 0.3 is 18.0 Å². The minimum Gasteiger partial charge on any atom is -0.432 e. The van der Waals surface area contributed by atoms with Gasteiger partial charge in [0.05, 0.1) is 0 Å². The Balaban J connectivity index is 1.77. The van der Waals surface area contributed by atoms with Gasteiger partial charge in [-0.2, -0.15) is 18.5 Å². The first kappa shape index (κ1) is 18.6. The molecule has 2 aliphatic heterocycles. The Kier molecular flexibility index (Phi) is 4.05. The van der Waals surface area contributed by atoms with Gasteiger partial charge in [-0.1, -0.05) is 59.1 Å². The van der Waals surface area contributed by atoms with Gasteiger partial charge in [0.15, 0.2) is 23.0 Å². The van der Waals surface area contributed by atoms with Crippen molar-refractivity contribution in [1.82, 2.24) is 5.32 Å². The maximum absolute atomic E-state index is 14.0. The van der Waals surface area contributed by atoms with E-state index in [1.54, 1.807) is 12.1 Å². The Hall–Kier alpha value is -1.74. The molecule has 0 aliphatic carbocycles. The second-order valence-corrected chi connectivity index (χ2v) is 7.94. The van der Waals surface area contributed by atoms with E-state index in [-0.39, 0.29) is 23.0 Å². The van der Waals surface area contributed by atoms with E-state index >= 15 is 0 Å². The van der Waals surface area contributed by atoms with Gasteiger partial charge in [-0.3, -0.25) is 0 Å². The predicted octanol–water partition coefficient (Wildman–Crippen LogP) is 4.76. The van der Waals surface area contributed by atoms with Crippen LogP contribution in [0.5, 0.6) is 23.0 Å². The molecule has 2 heterocycles. The zero-order chi connectivity index (χ0) is 19.5. The van der Waals surface area contributed by atoms with Crippen LogP contribution >= 0.6 is 34.8 Å². The largest absolute Gasteiger partial charge is 0.485 e. The Bertz CT molecular complexity index is 766. The van der Waals surface area contributed by atoms with Crippen LogP contribution in [-0.4, -0.2) is 21.8 Å². The maximum Gasteiger partial charge on any atom is 0.485 e. The summed E-state index contributed by atoms with van der Waals surface area (Å²) in [6.45, 7) is 0. The number of halogens is 6. The highest BCUT2D eigenvalue weighted by molar-refractivity contribution is 6.68. The highest BCUT2D eigenvalue weighted by atomic mass is 35.6. The third-order valence-corrected chi connectivity index (χ3v) is 4.53. The lowest BCUT2D eigenvalue weighted by Gasteiger charge is -2.40. The van der Waals surface area contributed by atoms with Crippen molar-refractivity contribution < 1.29 is 32.1 Å². The van der Waals surface area contributed by atoms with Gasteiger partial charge in [-0.05, 0) is 24.3 Å². The van der Waals surface area contributed by atoms with E-state index in [2.05, 4.69) is 0 Å². The number of hydrogen-bond donors (Lipinski definition) is 1. The van der Waals surface area contributed by atoms with E-state index < -0.39 is 21.8 Å². The average Bonchev–Trinajstić information content (AvgIpc) is 3.12. The van der Waals surface area contributed by atoms with Crippen LogP contribution in [-0.2, 0) is 0 Å². The molecule has 0 bridgehead atoms. The highest BCUT2D eigenvalue weighted by Gasteiger charge is 2.72. The van der Waals surface area contributed by atoms with Crippen LogP contribution < -0.4 is 24.3 Å². The minimum atomic E-state index is -5.10. The Morgan fingerprint density at radius 1 is 0.667 bits per heavy atom. The smallest absolute Gasteiger partial charge is 0.432 e. The van der Waals surface area contributed by atoms with Crippen molar-refractivity contribution in [2.45, 2.75) is 21.8 Å². The molecule has 2 aromatic rings. The molecule has 0 fully saturated rings. The van der Waals surface area contributed by atoms with Crippen LogP contribution in [0.4, 0.5) is 13.2 Å². The second kappa shape index (κ2) is 5.88. The van der Waals surface area contributed by atoms with E-state index in [1.165, 1.54) is 36.4 Å². The standard InChI is InChI=1S/C16H9Cl3F3NO4/c17-13(18,19)15(24-9-5-1-2-6-10(9)25-15)23-16(14(20,21)22)26-11-7-3-4-8-12(11)27-16/h1-8,23H. The molecule has 0 aromatic heterocycles. The fraction of sp³-hybridized carbons (Fsp3) is 0.250. The summed E-state index contributed by atoms with van der Waals surface area (Å²) >= 11 is 17.8. The number of fused-ring (bicyclic) bond motifs is 2. The SMILES string of the molecule is FC(F)(F)C1(NC2(C(Cl)(Cl)Cl)Oc3ccccc3O2)Oc2ccccc2O1. The van der Waals surface area contributed by atoms with Crippen LogP contribution in [0.15, 0.2) is 48.5 Å². The Labute approximate surface area is 165 Å². The number of benzene rings is 2. The lowest BCUT2D eigenvalue weighted by Crippen LogP contribution is -2.75. The first-order valence-corrected chi connectivity index (χ1v) is 8.56. The summed E-state index contributed by atoms with van der Waals surface area (Å²) in [4.78, 5) is 0. The number of alkyl halides is 6. The average molecular weight is 443 g/mol. The van der Waals surface area contributed by atoms with E-state index in [1.807, 2.05) is 5.32 Å². The molecule has 5 nitrogen and oxygen atoms in total. The summed E-state index contributed by atoms with van der Waals surface area (Å²) in [5, 5.41) is 1.97. The van der Waals surface area contributed by atoms with Gasteiger partial charge < -0.3 is 18.9 Å². The molecule has 0 radical (unpaired) electrons. The number of ether oxygens (including phenoxy) is 4. The van der Waals surface area contributed by atoms with Gasteiger partial charge in [0.25, 0.3) is 3.79 Å². The van der Waals surface area contributed by atoms with Crippen molar-refractivity contribution in [1.29, 1.82) is 0 Å². The van der Waals surface area contributed by atoms with Crippen LogP contribution in [0.2, 0.25) is 0 Å². The molecule has 0 amide bonds. The molecule has 0 atom stereocenters. The number of para-hydroxylation sites is 4. The van der Waals surface area contributed by atoms with Crippen molar-refractivity contribution in [3.63, 3.8) is 0 Å². The fourth-order valence-corrected chi connectivity index (χ4v) is 2.96. The molecule has 0 saturated carbocycles. The van der Waals surface area contributed by atoms with Gasteiger partial charge in [0.2, 0.25) is 0 Å². The van der Waals surface area contributed by atoms with Gasteiger partial charge in [0, 0.05) is 0 Å². The molecule has 2 aliphatic rings. The van der Waals surface area contributed by atoms with Crippen molar-refractivity contribution >= 4 is 34.8 Å². The summed E-state index contributed by atoms with van der Waals surface area (Å²) in [7, 11) is 0. The molecule has 4 rings (SSSR count). The summed E-state index contributed by atoms with van der Waals surface area (Å²) < 4.78 is 60.4. The van der Waals surface area contributed by atoms with Crippen molar-refractivity contribution in [2.75, 3.05) is 0 Å². The Morgan fingerprint density at radius 3 is 1.30 bits per heavy atom. The summed E-state index contributed by atoms with van der Waals surface area (Å²) in [5.41, 5.74) is 0. The second-order valence-electron chi connectivity index (χ2n) is 5.66. The number of hydrogen-bond acceptors (Lipinski definition) is 5. The molecule has 2 aromatic carbocycles. The zero-order valence-electron chi connectivity index (χ0n) is 13.0. The van der Waals surface area contributed by atoms with Crippen LogP contribution in [0.1, 0.15) is 0 Å². The van der Waals surface area contributed by atoms with E-state index in [0.717, 1.165) is 0 Å². The van der Waals surface area contributed by atoms with Crippen molar-refractivity contribution in [3.05, 3.63) is 48.5 Å². The molecule has 0 saturated heterocycles. The van der Waals surface area contributed by atoms with Crippen LogP contribution in [0, 0.1) is 0 Å². The Morgan fingerprint density at radius 2 is 1.00 bits per heavy atom. The molecule has 1 N–H and O–H groups in total. The topological polar surface area (TPSA) is 49.0 Å². The van der Waals surface area contributed by atoms with Crippen molar-refractivity contribution in [3.8, 4) is 23.0 Å². The molecule has 11 heteroatoms. The molecule has 0 unspecified atom stereocenters. The summed E-state index contributed by atoms with van der Waals surface area (Å²) in [6.07, 6.45) is -5.10. The maximum atomic E-state index is 14.0. The fourth-order valence-electron chi connectivity index (χ4n) is 2.59. The quantitative estimate of drug-likeness (QED) is 0.680. The minimum absolute atomic E-state index is 0.0733. The van der Waals surface area contributed by atoms with E-state index in [4.69, 9.17) is 53.8 Å². The van der Waals surface area contributed by atoms with Crippen LogP contribution in [0.3, 0.4) is 0 Å². The van der Waals surface area contributed by atoms with E-state index in [9.17, 15) is 13.2 Å². The summed E-state index contributed by atoms with van der Waals surface area (Å²) in [6, 6.07) is 11.6. The third-order valence-electron chi connectivity index (χ3n) is 3.79. The van der Waals surface area contributed by atoms with E-state index in [0.29, 0.717) is 0 Å². The third kappa shape index (κ3) is 2.91. The molecule has 0 spiro atoms. The van der Waals surface area contributed by atoms with Crippen LogP contribution in [0.25, 0.3) is 0 Å². The van der Waals surface area contributed by atoms with Crippen molar-refractivity contribution in [2.24, 2.45) is 0 Å². The van der Waals surface area contributed by atoms with Gasteiger partial charge in [0.1, 0.15) is 0 Å². The summed E-state index contributed by atoms with van der Waals surface area (Å²) in [5.74, 6) is -6.16. The zero-order valence-corrected chi connectivity index (χ0v) is 15.3.